The van der Waals surface area contributed by atoms with Crippen molar-refractivity contribution in [3.05, 3.63) is 71.5 Å². The summed E-state index contributed by atoms with van der Waals surface area (Å²) in [6.07, 6.45) is 3.10. The second kappa shape index (κ2) is 8.18. The topological polar surface area (TPSA) is 76.6 Å². The minimum absolute atomic E-state index is 0.125. The molecule has 0 atom stereocenters. The number of carbonyl (C=O) groups is 1. The Bertz CT molecular complexity index is 1020. The number of anilines is 2. The number of rotatable bonds is 6. The quantitative estimate of drug-likeness (QED) is 0.690. The maximum atomic E-state index is 12.9. The van der Waals surface area contributed by atoms with E-state index in [0.717, 1.165) is 28.3 Å². The summed E-state index contributed by atoms with van der Waals surface area (Å²) in [6.45, 7) is 5.30. The summed E-state index contributed by atoms with van der Waals surface area (Å²) in [7, 11) is 0. The Hall–Kier alpha value is -3.61. The molecular formula is C22H22N4O3. The molecule has 0 saturated carbocycles. The standard InChI is InChI=1S/C22H22N4O3/c1-3-26(18-6-4-5-15(2)9-18)21(27)17-12-24-22(25-13-17)23-11-16-7-8-19-20(10-16)29-14-28-19/h4-10,12-13H,3,11,14H2,1-2H3,(H,23,24,25). The summed E-state index contributed by atoms with van der Waals surface area (Å²) < 4.78 is 10.7. The van der Waals surface area contributed by atoms with Gasteiger partial charge in [0.25, 0.3) is 5.91 Å². The van der Waals surface area contributed by atoms with E-state index < -0.39 is 0 Å². The van der Waals surface area contributed by atoms with Gasteiger partial charge >= 0.3 is 0 Å². The van der Waals surface area contributed by atoms with Gasteiger partial charge in [0.1, 0.15) is 0 Å². The molecule has 0 unspecified atom stereocenters. The largest absolute Gasteiger partial charge is 0.454 e. The highest BCUT2D eigenvalue weighted by Gasteiger charge is 2.17. The molecule has 0 spiro atoms. The van der Waals surface area contributed by atoms with Gasteiger partial charge in [0.2, 0.25) is 12.7 Å². The normalized spacial score (nSPS) is 11.9. The summed E-state index contributed by atoms with van der Waals surface area (Å²) >= 11 is 0. The molecule has 0 bridgehead atoms. The Morgan fingerprint density at radius 2 is 1.90 bits per heavy atom. The lowest BCUT2D eigenvalue weighted by molar-refractivity contribution is 0.0987. The number of aromatic nitrogens is 2. The van der Waals surface area contributed by atoms with E-state index in [1.165, 1.54) is 0 Å². The zero-order valence-electron chi connectivity index (χ0n) is 16.4. The van der Waals surface area contributed by atoms with Crippen molar-refractivity contribution in [2.75, 3.05) is 23.6 Å². The average molecular weight is 390 g/mol. The van der Waals surface area contributed by atoms with Gasteiger partial charge in [0.15, 0.2) is 11.5 Å². The third-order valence-corrected chi connectivity index (χ3v) is 4.66. The summed E-state index contributed by atoms with van der Waals surface area (Å²) in [4.78, 5) is 23.2. The molecule has 0 radical (unpaired) electrons. The SMILES string of the molecule is CCN(C(=O)c1cnc(NCc2ccc3c(c2)OCO3)nc1)c1cccc(C)c1. The van der Waals surface area contributed by atoms with E-state index in [1.54, 1.807) is 17.3 Å². The Kier molecular flexibility index (Phi) is 5.29. The van der Waals surface area contributed by atoms with Crippen molar-refractivity contribution < 1.29 is 14.3 Å². The number of ether oxygens (including phenoxy) is 2. The van der Waals surface area contributed by atoms with Gasteiger partial charge in [-0.05, 0) is 49.2 Å². The number of aryl methyl sites for hydroxylation is 1. The lowest BCUT2D eigenvalue weighted by Gasteiger charge is -2.21. The molecule has 1 aromatic heterocycles. The molecule has 2 aromatic carbocycles. The lowest BCUT2D eigenvalue weighted by atomic mass is 10.2. The Labute approximate surface area is 169 Å². The minimum Gasteiger partial charge on any atom is -0.454 e. The highest BCUT2D eigenvalue weighted by molar-refractivity contribution is 6.05. The number of carbonyl (C=O) groups excluding carboxylic acids is 1. The van der Waals surface area contributed by atoms with Crippen LogP contribution in [0.2, 0.25) is 0 Å². The molecule has 1 aliphatic heterocycles. The third kappa shape index (κ3) is 4.13. The van der Waals surface area contributed by atoms with Gasteiger partial charge in [0.05, 0.1) is 5.56 Å². The second-order valence-corrected chi connectivity index (χ2v) is 6.72. The number of hydrogen-bond acceptors (Lipinski definition) is 6. The fraction of sp³-hybridized carbons (Fsp3) is 0.227. The number of nitrogens with one attached hydrogen (secondary N) is 1. The van der Waals surface area contributed by atoms with E-state index in [4.69, 9.17) is 9.47 Å². The Balaban J connectivity index is 1.42. The van der Waals surface area contributed by atoms with Crippen molar-refractivity contribution in [1.82, 2.24) is 9.97 Å². The molecule has 1 aliphatic rings. The van der Waals surface area contributed by atoms with E-state index in [-0.39, 0.29) is 12.7 Å². The van der Waals surface area contributed by atoms with E-state index >= 15 is 0 Å². The molecule has 1 amide bonds. The van der Waals surface area contributed by atoms with Crippen LogP contribution in [0.1, 0.15) is 28.4 Å². The van der Waals surface area contributed by atoms with Crippen LogP contribution in [0, 0.1) is 6.92 Å². The molecule has 4 rings (SSSR count). The van der Waals surface area contributed by atoms with E-state index in [9.17, 15) is 4.79 Å². The van der Waals surface area contributed by atoms with Crippen LogP contribution in [0.5, 0.6) is 11.5 Å². The van der Waals surface area contributed by atoms with Crippen LogP contribution in [0.3, 0.4) is 0 Å². The second-order valence-electron chi connectivity index (χ2n) is 6.72. The van der Waals surface area contributed by atoms with Crippen molar-refractivity contribution in [2.45, 2.75) is 20.4 Å². The summed E-state index contributed by atoms with van der Waals surface area (Å²) in [5.74, 6) is 1.82. The predicted octanol–water partition coefficient (Wildman–Crippen LogP) is 3.79. The van der Waals surface area contributed by atoms with Crippen molar-refractivity contribution in [3.8, 4) is 11.5 Å². The maximum Gasteiger partial charge on any atom is 0.261 e. The van der Waals surface area contributed by atoms with Crippen molar-refractivity contribution in [2.24, 2.45) is 0 Å². The third-order valence-electron chi connectivity index (χ3n) is 4.66. The zero-order chi connectivity index (χ0) is 20.2. The van der Waals surface area contributed by atoms with Crippen molar-refractivity contribution >= 4 is 17.5 Å². The summed E-state index contributed by atoms with van der Waals surface area (Å²) in [6, 6.07) is 13.6. The van der Waals surface area contributed by atoms with Crippen LogP contribution in [-0.2, 0) is 6.54 Å². The van der Waals surface area contributed by atoms with Gasteiger partial charge in [-0.2, -0.15) is 0 Å². The average Bonchev–Trinajstić information content (AvgIpc) is 3.21. The summed E-state index contributed by atoms with van der Waals surface area (Å²) in [5, 5.41) is 3.16. The molecule has 1 N–H and O–H groups in total. The molecule has 7 nitrogen and oxygen atoms in total. The lowest BCUT2D eigenvalue weighted by Crippen LogP contribution is -2.30. The van der Waals surface area contributed by atoms with Gasteiger partial charge in [0, 0.05) is 31.2 Å². The molecule has 3 aromatic rings. The number of amides is 1. The Morgan fingerprint density at radius 1 is 1.10 bits per heavy atom. The fourth-order valence-corrected chi connectivity index (χ4v) is 3.16. The van der Waals surface area contributed by atoms with Gasteiger partial charge in [-0.25, -0.2) is 9.97 Å². The van der Waals surface area contributed by atoms with Gasteiger partial charge in [-0.1, -0.05) is 18.2 Å². The smallest absolute Gasteiger partial charge is 0.261 e. The maximum absolute atomic E-state index is 12.9. The van der Waals surface area contributed by atoms with Crippen LogP contribution in [0.15, 0.2) is 54.9 Å². The van der Waals surface area contributed by atoms with Crippen LogP contribution >= 0.6 is 0 Å². The molecular weight excluding hydrogens is 368 g/mol. The first kappa shape index (κ1) is 18.7. The monoisotopic (exact) mass is 390 g/mol. The van der Waals surface area contributed by atoms with Gasteiger partial charge in [-0.3, -0.25) is 4.79 Å². The first-order valence-electron chi connectivity index (χ1n) is 9.47. The molecule has 148 valence electrons. The van der Waals surface area contributed by atoms with Gasteiger partial charge < -0.3 is 19.7 Å². The minimum atomic E-state index is -0.125. The molecule has 0 aliphatic carbocycles. The van der Waals surface area contributed by atoms with Crippen LogP contribution < -0.4 is 19.7 Å². The molecule has 29 heavy (non-hydrogen) atoms. The van der Waals surface area contributed by atoms with Crippen molar-refractivity contribution in [1.29, 1.82) is 0 Å². The molecule has 0 fully saturated rings. The molecule has 7 heteroatoms. The van der Waals surface area contributed by atoms with E-state index in [1.807, 2.05) is 56.3 Å². The van der Waals surface area contributed by atoms with Crippen LogP contribution in [-0.4, -0.2) is 29.2 Å². The summed E-state index contributed by atoms with van der Waals surface area (Å²) in [5.41, 5.74) is 3.44. The first-order chi connectivity index (χ1) is 14.1. The first-order valence-corrected chi connectivity index (χ1v) is 9.47. The zero-order valence-corrected chi connectivity index (χ0v) is 16.4. The predicted molar refractivity (Wildman–Crippen MR) is 110 cm³/mol. The van der Waals surface area contributed by atoms with Crippen molar-refractivity contribution in [3.63, 3.8) is 0 Å². The number of fused-ring (bicyclic) bond motifs is 1. The highest BCUT2D eigenvalue weighted by Crippen LogP contribution is 2.32. The van der Waals surface area contributed by atoms with Gasteiger partial charge in [-0.15, -0.1) is 0 Å². The number of nitrogens with zero attached hydrogens (tertiary/aromatic N) is 3. The van der Waals surface area contributed by atoms with E-state index in [2.05, 4.69) is 15.3 Å². The highest BCUT2D eigenvalue weighted by atomic mass is 16.7. The molecule has 0 saturated heterocycles. The molecule has 2 heterocycles. The van der Waals surface area contributed by atoms with Crippen LogP contribution in [0.4, 0.5) is 11.6 Å². The number of hydrogen-bond donors (Lipinski definition) is 1. The van der Waals surface area contributed by atoms with E-state index in [0.29, 0.717) is 24.6 Å². The van der Waals surface area contributed by atoms with Crippen LogP contribution in [0.25, 0.3) is 0 Å². The Morgan fingerprint density at radius 3 is 2.66 bits per heavy atom. The fourth-order valence-electron chi connectivity index (χ4n) is 3.16. The number of benzene rings is 2.